The first-order chi connectivity index (χ1) is 11.7. The van der Waals surface area contributed by atoms with Crippen LogP contribution in [0.25, 0.3) is 0 Å². The Hall–Kier alpha value is -1.68. The molecule has 2 aromatic rings. The summed E-state index contributed by atoms with van der Waals surface area (Å²) in [5.41, 5.74) is 8.51. The third kappa shape index (κ3) is 6.83. The van der Waals surface area contributed by atoms with Gasteiger partial charge in [-0.05, 0) is 12.1 Å². The molecule has 3 N–H and O–H groups in total. The lowest BCUT2D eigenvalue weighted by atomic mass is 10.1. The first-order valence-corrected chi connectivity index (χ1v) is 9.04. The standard InChI is InChI=1S/C21H32N3/c1-24(16-8-14-22,19-21-12-6-3-7-13-21)17-9-15-23-18-20-10-4-2-5-11-20/h2-7,10-13,23H,8-9,14-19,22H2,1H3/q+1. The minimum absolute atomic E-state index is 0.773. The van der Waals surface area contributed by atoms with Gasteiger partial charge in [0.05, 0.1) is 20.1 Å². The van der Waals surface area contributed by atoms with Crippen LogP contribution in [0, 0.1) is 0 Å². The first kappa shape index (κ1) is 18.7. The molecule has 130 valence electrons. The second-order valence-electron chi connectivity index (χ2n) is 6.87. The summed E-state index contributed by atoms with van der Waals surface area (Å²) in [6, 6.07) is 21.4. The van der Waals surface area contributed by atoms with Gasteiger partial charge < -0.3 is 15.5 Å². The Balaban J connectivity index is 1.77. The molecule has 0 aromatic heterocycles. The molecule has 0 radical (unpaired) electrons. The van der Waals surface area contributed by atoms with E-state index in [-0.39, 0.29) is 0 Å². The molecule has 2 aromatic carbocycles. The number of hydrogen-bond donors (Lipinski definition) is 2. The summed E-state index contributed by atoms with van der Waals surface area (Å²) in [4.78, 5) is 0. The fourth-order valence-corrected chi connectivity index (χ4v) is 3.18. The second kappa shape index (κ2) is 10.2. The molecule has 1 atom stereocenters. The molecule has 0 aliphatic heterocycles. The van der Waals surface area contributed by atoms with Crippen LogP contribution in [0.15, 0.2) is 60.7 Å². The average molecular weight is 327 g/mol. The molecular weight excluding hydrogens is 294 g/mol. The third-order valence-electron chi connectivity index (χ3n) is 4.53. The van der Waals surface area contributed by atoms with Crippen molar-refractivity contribution in [1.82, 2.24) is 5.32 Å². The maximum atomic E-state index is 5.75. The van der Waals surface area contributed by atoms with Gasteiger partial charge in [0.2, 0.25) is 0 Å². The van der Waals surface area contributed by atoms with Crippen LogP contribution in [0.5, 0.6) is 0 Å². The summed E-state index contributed by atoms with van der Waals surface area (Å²) in [7, 11) is 2.36. The van der Waals surface area contributed by atoms with E-state index >= 15 is 0 Å². The van der Waals surface area contributed by atoms with E-state index < -0.39 is 0 Å². The van der Waals surface area contributed by atoms with E-state index in [2.05, 4.69) is 73.0 Å². The topological polar surface area (TPSA) is 38.0 Å². The van der Waals surface area contributed by atoms with E-state index in [1.807, 2.05) is 0 Å². The van der Waals surface area contributed by atoms with E-state index in [4.69, 9.17) is 5.73 Å². The van der Waals surface area contributed by atoms with Gasteiger partial charge in [0.1, 0.15) is 6.54 Å². The smallest absolute Gasteiger partial charge is 0.104 e. The lowest BCUT2D eigenvalue weighted by Crippen LogP contribution is -2.46. The normalized spacial score (nSPS) is 13.6. The average Bonchev–Trinajstić information content (AvgIpc) is 2.61. The van der Waals surface area contributed by atoms with Crippen molar-refractivity contribution in [2.45, 2.75) is 25.9 Å². The lowest BCUT2D eigenvalue weighted by Gasteiger charge is -2.35. The fraction of sp³-hybridized carbons (Fsp3) is 0.429. The zero-order valence-corrected chi connectivity index (χ0v) is 15.0. The van der Waals surface area contributed by atoms with Crippen molar-refractivity contribution in [2.75, 3.05) is 33.2 Å². The van der Waals surface area contributed by atoms with Crippen molar-refractivity contribution in [3.05, 3.63) is 71.8 Å². The highest BCUT2D eigenvalue weighted by Gasteiger charge is 2.20. The lowest BCUT2D eigenvalue weighted by molar-refractivity contribution is -0.922. The third-order valence-corrected chi connectivity index (χ3v) is 4.53. The van der Waals surface area contributed by atoms with Crippen molar-refractivity contribution in [2.24, 2.45) is 5.73 Å². The predicted molar refractivity (Wildman–Crippen MR) is 103 cm³/mol. The molecule has 2 rings (SSSR count). The molecule has 0 amide bonds. The minimum Gasteiger partial charge on any atom is -0.330 e. The molecule has 0 spiro atoms. The van der Waals surface area contributed by atoms with Gasteiger partial charge in [0.25, 0.3) is 0 Å². The molecule has 0 bridgehead atoms. The van der Waals surface area contributed by atoms with Crippen molar-refractivity contribution < 1.29 is 4.48 Å². The zero-order chi connectivity index (χ0) is 17.1. The highest BCUT2D eigenvalue weighted by atomic mass is 15.3. The summed E-state index contributed by atoms with van der Waals surface area (Å²) < 4.78 is 1.06. The molecule has 24 heavy (non-hydrogen) atoms. The number of rotatable bonds is 11. The molecule has 0 saturated heterocycles. The predicted octanol–water partition coefficient (Wildman–Crippen LogP) is 3.16. The van der Waals surface area contributed by atoms with Crippen LogP contribution in [0.1, 0.15) is 24.0 Å². The SMILES string of the molecule is C[N+](CCCN)(CCCNCc1ccccc1)Cc1ccccc1. The van der Waals surface area contributed by atoms with Crippen molar-refractivity contribution >= 4 is 0 Å². The Morgan fingerprint density at radius 1 is 0.833 bits per heavy atom. The van der Waals surface area contributed by atoms with E-state index in [0.717, 1.165) is 43.6 Å². The van der Waals surface area contributed by atoms with Gasteiger partial charge >= 0.3 is 0 Å². The van der Waals surface area contributed by atoms with Crippen LogP contribution < -0.4 is 11.1 Å². The molecule has 1 unspecified atom stereocenters. The highest BCUT2D eigenvalue weighted by molar-refractivity contribution is 5.14. The number of benzene rings is 2. The van der Waals surface area contributed by atoms with Gasteiger partial charge in [0.15, 0.2) is 0 Å². The highest BCUT2D eigenvalue weighted by Crippen LogP contribution is 2.13. The van der Waals surface area contributed by atoms with Gasteiger partial charge in [-0.15, -0.1) is 0 Å². The molecule has 0 aliphatic carbocycles. The van der Waals surface area contributed by atoms with E-state index in [9.17, 15) is 0 Å². The second-order valence-corrected chi connectivity index (χ2v) is 6.87. The Bertz CT molecular complexity index is 556. The maximum absolute atomic E-state index is 5.75. The number of nitrogens with one attached hydrogen (secondary N) is 1. The van der Waals surface area contributed by atoms with Crippen molar-refractivity contribution in [3.63, 3.8) is 0 Å². The maximum Gasteiger partial charge on any atom is 0.104 e. The Kier molecular flexibility index (Phi) is 7.96. The van der Waals surface area contributed by atoms with Gasteiger partial charge in [-0.3, -0.25) is 0 Å². The number of nitrogens with two attached hydrogens (primary N) is 1. The van der Waals surface area contributed by atoms with Crippen LogP contribution in [0.3, 0.4) is 0 Å². The molecule has 0 saturated carbocycles. The quantitative estimate of drug-likeness (QED) is 0.492. The summed E-state index contributed by atoms with van der Waals surface area (Å²) in [6.45, 7) is 6.18. The summed E-state index contributed by atoms with van der Waals surface area (Å²) in [6.07, 6.45) is 2.27. The zero-order valence-electron chi connectivity index (χ0n) is 15.0. The van der Waals surface area contributed by atoms with Crippen LogP contribution in [0.4, 0.5) is 0 Å². The van der Waals surface area contributed by atoms with Crippen LogP contribution in [-0.2, 0) is 13.1 Å². The van der Waals surface area contributed by atoms with Crippen LogP contribution in [0.2, 0.25) is 0 Å². The van der Waals surface area contributed by atoms with E-state index in [1.54, 1.807) is 0 Å². The minimum atomic E-state index is 0.773. The monoisotopic (exact) mass is 326 g/mol. The molecular formula is C21H32N3+. The van der Waals surface area contributed by atoms with Gasteiger partial charge in [0, 0.05) is 31.5 Å². The van der Waals surface area contributed by atoms with Gasteiger partial charge in [-0.1, -0.05) is 60.7 Å². The molecule has 3 heteroatoms. The Morgan fingerprint density at radius 2 is 1.42 bits per heavy atom. The summed E-state index contributed by atoms with van der Waals surface area (Å²) in [5, 5.41) is 3.56. The summed E-state index contributed by atoms with van der Waals surface area (Å²) >= 11 is 0. The molecule has 0 fully saturated rings. The van der Waals surface area contributed by atoms with Crippen LogP contribution in [-0.4, -0.2) is 37.7 Å². The van der Waals surface area contributed by atoms with E-state index in [0.29, 0.717) is 0 Å². The number of nitrogens with zero attached hydrogens (tertiary/aromatic N) is 1. The van der Waals surface area contributed by atoms with Gasteiger partial charge in [-0.2, -0.15) is 0 Å². The first-order valence-electron chi connectivity index (χ1n) is 9.04. The largest absolute Gasteiger partial charge is 0.330 e. The van der Waals surface area contributed by atoms with Crippen LogP contribution >= 0.6 is 0 Å². The fourth-order valence-electron chi connectivity index (χ4n) is 3.18. The van der Waals surface area contributed by atoms with Gasteiger partial charge in [-0.25, -0.2) is 0 Å². The Morgan fingerprint density at radius 3 is 2.04 bits per heavy atom. The molecule has 0 heterocycles. The Labute approximate surface area is 147 Å². The number of quaternary nitrogens is 1. The molecule has 3 nitrogen and oxygen atoms in total. The number of hydrogen-bond acceptors (Lipinski definition) is 2. The van der Waals surface area contributed by atoms with Crippen molar-refractivity contribution in [3.8, 4) is 0 Å². The van der Waals surface area contributed by atoms with Crippen molar-refractivity contribution in [1.29, 1.82) is 0 Å². The van der Waals surface area contributed by atoms with E-state index in [1.165, 1.54) is 24.1 Å². The summed E-state index contributed by atoms with van der Waals surface area (Å²) in [5.74, 6) is 0. The molecule has 0 aliphatic rings.